The molecule has 23 heavy (non-hydrogen) atoms. The van der Waals surface area contributed by atoms with Gasteiger partial charge in [-0.15, -0.1) is 0 Å². The van der Waals surface area contributed by atoms with Crippen molar-refractivity contribution in [1.82, 2.24) is 10.3 Å². The van der Waals surface area contributed by atoms with E-state index in [0.29, 0.717) is 12.3 Å². The number of aromatic carboxylic acids is 1. The third kappa shape index (κ3) is 4.45. The first-order valence-corrected chi connectivity index (χ1v) is 7.29. The summed E-state index contributed by atoms with van der Waals surface area (Å²) < 4.78 is 5.20. The number of hydrogen-bond acceptors (Lipinski definition) is 5. The van der Waals surface area contributed by atoms with E-state index in [1.54, 1.807) is 57.1 Å². The zero-order chi connectivity index (χ0) is 17.2. The average molecular weight is 319 g/mol. The molecule has 2 rings (SSSR count). The van der Waals surface area contributed by atoms with E-state index in [-0.39, 0.29) is 11.6 Å². The van der Waals surface area contributed by atoms with Crippen molar-refractivity contribution in [2.75, 3.05) is 7.05 Å². The number of carboxylic acid groups (broad SMARTS) is 1. The Morgan fingerprint density at radius 3 is 2.43 bits per heavy atom. The van der Waals surface area contributed by atoms with Crippen LogP contribution in [0.5, 0.6) is 0 Å². The van der Waals surface area contributed by atoms with Crippen LogP contribution in [0.3, 0.4) is 0 Å². The Morgan fingerprint density at radius 1 is 1.30 bits per heavy atom. The van der Waals surface area contributed by atoms with E-state index in [0.717, 1.165) is 5.56 Å². The van der Waals surface area contributed by atoms with Crippen molar-refractivity contribution >= 4 is 17.9 Å². The lowest BCUT2D eigenvalue weighted by Crippen LogP contribution is -2.35. The van der Waals surface area contributed by atoms with Gasteiger partial charge in [-0.1, -0.05) is 12.1 Å². The molecule has 1 amide bonds. The fourth-order valence-corrected chi connectivity index (χ4v) is 2.30. The molecule has 0 saturated heterocycles. The van der Waals surface area contributed by atoms with E-state index in [4.69, 9.17) is 9.84 Å². The summed E-state index contributed by atoms with van der Waals surface area (Å²) in [4.78, 5) is 22.7. The van der Waals surface area contributed by atoms with Gasteiger partial charge in [0.05, 0.1) is 11.6 Å². The molecule has 0 radical (unpaired) electrons. The number of ether oxygens (including phenoxy) is 1. The molecule has 1 aromatic carbocycles. The molecule has 1 aliphatic rings. The van der Waals surface area contributed by atoms with Crippen LogP contribution in [-0.4, -0.2) is 40.7 Å². The van der Waals surface area contributed by atoms with E-state index in [1.807, 2.05) is 0 Å². The lowest BCUT2D eigenvalue weighted by Gasteiger charge is -2.19. The maximum absolute atomic E-state index is 11.8. The molecule has 7 heteroatoms. The van der Waals surface area contributed by atoms with E-state index in [9.17, 15) is 9.59 Å². The van der Waals surface area contributed by atoms with Gasteiger partial charge in [0.2, 0.25) is 0 Å². The molecular formula is C16H21N3O4. The zero-order valence-corrected chi connectivity index (χ0v) is 13.7. The average Bonchev–Trinajstić information content (AvgIpc) is 2.77. The van der Waals surface area contributed by atoms with Gasteiger partial charge in [-0.3, -0.25) is 10.3 Å². The standard InChI is InChI=1S/C16H21N3O4/c1-16(2,3)23-15(22)17-13-9-12(19(4)18-13)10-5-7-11(8-6-10)14(20)21/h5-8,12H,9H2,1-4H3,(H,20,21)(H,17,18,22). The Bertz CT molecular complexity index is 632. The van der Waals surface area contributed by atoms with Gasteiger partial charge >= 0.3 is 12.1 Å². The van der Waals surface area contributed by atoms with Crippen LogP contribution in [0.2, 0.25) is 0 Å². The van der Waals surface area contributed by atoms with E-state index >= 15 is 0 Å². The van der Waals surface area contributed by atoms with Gasteiger partial charge in [0, 0.05) is 13.5 Å². The van der Waals surface area contributed by atoms with Crippen molar-refractivity contribution in [3.05, 3.63) is 35.4 Å². The summed E-state index contributed by atoms with van der Waals surface area (Å²) in [6.45, 7) is 5.38. The summed E-state index contributed by atoms with van der Waals surface area (Å²) in [5.41, 5.74) is 0.603. The number of carbonyl (C=O) groups is 2. The minimum absolute atomic E-state index is 0.0530. The van der Waals surface area contributed by atoms with E-state index in [1.165, 1.54) is 0 Å². The van der Waals surface area contributed by atoms with Gasteiger partial charge in [-0.2, -0.15) is 5.10 Å². The van der Waals surface area contributed by atoms with Gasteiger partial charge in [-0.05, 0) is 38.5 Å². The Balaban J connectivity index is 2.01. The van der Waals surface area contributed by atoms with Crippen LogP contribution >= 0.6 is 0 Å². The second kappa shape index (κ2) is 6.28. The predicted molar refractivity (Wildman–Crippen MR) is 85.3 cm³/mol. The fraction of sp³-hybridized carbons (Fsp3) is 0.438. The summed E-state index contributed by atoms with van der Waals surface area (Å²) in [7, 11) is 1.81. The first-order chi connectivity index (χ1) is 10.7. The third-order valence-electron chi connectivity index (χ3n) is 3.30. The fourth-order valence-electron chi connectivity index (χ4n) is 2.30. The number of amidine groups is 1. The molecule has 0 saturated carbocycles. The largest absolute Gasteiger partial charge is 0.478 e. The van der Waals surface area contributed by atoms with Gasteiger partial charge in [0.25, 0.3) is 0 Å². The van der Waals surface area contributed by atoms with Crippen molar-refractivity contribution in [3.8, 4) is 0 Å². The molecule has 0 spiro atoms. The van der Waals surface area contributed by atoms with Crippen molar-refractivity contribution in [3.63, 3.8) is 0 Å². The van der Waals surface area contributed by atoms with Crippen LogP contribution in [0.4, 0.5) is 4.79 Å². The molecule has 0 fully saturated rings. The highest BCUT2D eigenvalue weighted by atomic mass is 16.6. The first kappa shape index (κ1) is 16.8. The second-order valence-corrected chi connectivity index (χ2v) is 6.39. The summed E-state index contributed by atoms with van der Waals surface area (Å²) in [6.07, 6.45) is -0.0196. The quantitative estimate of drug-likeness (QED) is 0.874. The molecular weight excluding hydrogens is 298 g/mol. The Morgan fingerprint density at radius 2 is 1.91 bits per heavy atom. The highest BCUT2D eigenvalue weighted by Crippen LogP contribution is 2.28. The number of carbonyl (C=O) groups excluding carboxylic acids is 1. The predicted octanol–water partition coefficient (Wildman–Crippen LogP) is 2.60. The molecule has 1 unspecified atom stereocenters. The Labute approximate surface area is 134 Å². The maximum atomic E-state index is 11.8. The number of nitrogens with zero attached hydrogens (tertiary/aromatic N) is 2. The number of carboxylic acids is 1. The van der Waals surface area contributed by atoms with Crippen LogP contribution in [-0.2, 0) is 4.74 Å². The number of benzene rings is 1. The Kier molecular flexibility index (Phi) is 4.58. The van der Waals surface area contributed by atoms with Crippen molar-refractivity contribution in [1.29, 1.82) is 0 Å². The van der Waals surface area contributed by atoms with Crippen LogP contribution in [0.25, 0.3) is 0 Å². The Hall–Kier alpha value is -2.57. The first-order valence-electron chi connectivity index (χ1n) is 7.29. The smallest absolute Gasteiger partial charge is 0.413 e. The molecule has 1 atom stereocenters. The SMILES string of the molecule is CN1N=C(NC(=O)OC(C)(C)C)CC1c1ccc(C(=O)O)cc1. The second-order valence-electron chi connectivity index (χ2n) is 6.39. The molecule has 7 nitrogen and oxygen atoms in total. The zero-order valence-electron chi connectivity index (χ0n) is 13.7. The van der Waals surface area contributed by atoms with Gasteiger partial charge in [-0.25, -0.2) is 9.59 Å². The van der Waals surface area contributed by atoms with Gasteiger partial charge in [0.15, 0.2) is 0 Å². The lowest BCUT2D eigenvalue weighted by molar-refractivity contribution is 0.0561. The summed E-state index contributed by atoms with van der Waals surface area (Å²) in [5, 5.41) is 17.6. The monoisotopic (exact) mass is 319 g/mol. The minimum atomic E-state index is -0.958. The summed E-state index contributed by atoms with van der Waals surface area (Å²) >= 11 is 0. The minimum Gasteiger partial charge on any atom is -0.478 e. The molecule has 1 aliphatic heterocycles. The van der Waals surface area contributed by atoms with Crippen molar-refractivity contribution in [2.45, 2.75) is 38.8 Å². The van der Waals surface area contributed by atoms with Gasteiger partial charge < -0.3 is 9.84 Å². The number of hydrogen-bond donors (Lipinski definition) is 2. The summed E-state index contributed by atoms with van der Waals surface area (Å²) in [6, 6.07) is 6.59. The highest BCUT2D eigenvalue weighted by Gasteiger charge is 2.27. The molecule has 124 valence electrons. The molecule has 1 aromatic rings. The number of rotatable bonds is 2. The number of nitrogens with one attached hydrogen (secondary N) is 1. The van der Waals surface area contributed by atoms with Crippen LogP contribution in [0.15, 0.2) is 29.4 Å². The molecule has 0 aromatic heterocycles. The maximum Gasteiger partial charge on any atom is 0.413 e. The van der Waals surface area contributed by atoms with Crippen molar-refractivity contribution in [2.24, 2.45) is 5.10 Å². The van der Waals surface area contributed by atoms with E-state index < -0.39 is 17.7 Å². The molecule has 0 aliphatic carbocycles. The molecule has 0 bridgehead atoms. The molecule has 1 heterocycles. The van der Waals surface area contributed by atoms with Gasteiger partial charge in [0.1, 0.15) is 11.4 Å². The highest BCUT2D eigenvalue weighted by molar-refractivity contribution is 5.96. The lowest BCUT2D eigenvalue weighted by atomic mass is 10.0. The van der Waals surface area contributed by atoms with Crippen LogP contribution < -0.4 is 5.32 Å². The number of hydrazone groups is 1. The summed E-state index contributed by atoms with van der Waals surface area (Å²) in [5.74, 6) is -0.436. The third-order valence-corrected chi connectivity index (χ3v) is 3.30. The normalized spacial score (nSPS) is 17.7. The van der Waals surface area contributed by atoms with Crippen molar-refractivity contribution < 1.29 is 19.4 Å². The van der Waals surface area contributed by atoms with Crippen LogP contribution in [0, 0.1) is 0 Å². The van der Waals surface area contributed by atoms with Crippen LogP contribution in [0.1, 0.15) is 49.2 Å². The number of alkyl carbamates (subject to hydrolysis) is 1. The van der Waals surface area contributed by atoms with E-state index in [2.05, 4.69) is 10.4 Å². The molecule has 2 N–H and O–H groups in total. The topological polar surface area (TPSA) is 91.2 Å². The number of amides is 1.